The van der Waals surface area contributed by atoms with Gasteiger partial charge in [-0.2, -0.15) is 0 Å². The molecule has 1 aliphatic heterocycles. The fraction of sp³-hybridized carbons (Fsp3) is 0.214. The highest BCUT2D eigenvalue weighted by atomic mass is 16.5. The number of ether oxygens (including phenoxy) is 2. The van der Waals surface area contributed by atoms with E-state index in [1.807, 2.05) is 0 Å². The van der Waals surface area contributed by atoms with E-state index in [2.05, 4.69) is 5.32 Å². The Morgan fingerprint density at radius 2 is 2.18 bits per heavy atom. The summed E-state index contributed by atoms with van der Waals surface area (Å²) in [6.07, 6.45) is 1.63. The van der Waals surface area contributed by atoms with Crippen LogP contribution in [0.25, 0.3) is 6.08 Å². The van der Waals surface area contributed by atoms with E-state index in [1.54, 1.807) is 31.3 Å². The fourth-order valence-electron chi connectivity index (χ4n) is 1.90. The van der Waals surface area contributed by atoms with Crippen molar-refractivity contribution in [3.63, 3.8) is 0 Å². The monoisotopic (exact) mass is 305 g/mol. The molecule has 0 aliphatic carbocycles. The van der Waals surface area contributed by atoms with Gasteiger partial charge in [0.2, 0.25) is 0 Å². The number of nitrogens with zero attached hydrogens (tertiary/aromatic N) is 1. The van der Waals surface area contributed by atoms with Crippen LogP contribution in [0, 0.1) is 0 Å². The zero-order valence-electron chi connectivity index (χ0n) is 12.1. The summed E-state index contributed by atoms with van der Waals surface area (Å²) >= 11 is 0. The molecule has 1 amide bonds. The summed E-state index contributed by atoms with van der Waals surface area (Å²) in [6, 6.07) is 4.83. The first-order valence-electron chi connectivity index (χ1n) is 6.32. The summed E-state index contributed by atoms with van der Waals surface area (Å²) in [6.45, 7) is -0.576. The van der Waals surface area contributed by atoms with E-state index in [9.17, 15) is 14.7 Å². The van der Waals surface area contributed by atoms with E-state index < -0.39 is 12.6 Å². The zero-order valence-corrected chi connectivity index (χ0v) is 12.1. The van der Waals surface area contributed by atoms with Crippen molar-refractivity contribution < 1.29 is 28.7 Å². The molecule has 8 nitrogen and oxygen atoms in total. The average Bonchev–Trinajstić information content (AvgIpc) is 2.72. The molecule has 0 saturated carbocycles. The summed E-state index contributed by atoms with van der Waals surface area (Å²) in [4.78, 5) is 22.2. The second kappa shape index (κ2) is 6.17. The van der Waals surface area contributed by atoms with Gasteiger partial charge in [0.1, 0.15) is 6.61 Å². The molecule has 1 heterocycles. The van der Waals surface area contributed by atoms with Crippen LogP contribution in [0.5, 0.6) is 11.5 Å². The van der Waals surface area contributed by atoms with Crippen molar-refractivity contribution in [1.82, 2.24) is 5.32 Å². The van der Waals surface area contributed by atoms with Gasteiger partial charge in [0.25, 0.3) is 0 Å². The maximum absolute atomic E-state index is 11.7. The molecule has 0 aromatic heterocycles. The Bertz CT molecular complexity index is 694. The number of hydrogen-bond donors (Lipinski definition) is 2. The van der Waals surface area contributed by atoms with Crippen molar-refractivity contribution in [2.24, 2.45) is 5.73 Å². The number of methoxy groups -OCH3 is 1. The van der Waals surface area contributed by atoms with Gasteiger partial charge in [-0.15, -0.1) is 0 Å². The van der Waals surface area contributed by atoms with Gasteiger partial charge in [-0.05, 0) is 23.8 Å². The lowest BCUT2D eigenvalue weighted by Crippen LogP contribution is -2.32. The summed E-state index contributed by atoms with van der Waals surface area (Å²) in [7, 11) is 3.09. The number of carboxylic acid groups (broad SMARTS) is 1. The Balaban J connectivity index is 2.30. The predicted octanol–water partition coefficient (Wildman–Crippen LogP) is -1.75. The van der Waals surface area contributed by atoms with Crippen molar-refractivity contribution in [2.45, 2.75) is 0 Å². The molecule has 0 atom stereocenters. The minimum absolute atomic E-state index is 0.247. The summed E-state index contributed by atoms with van der Waals surface area (Å²) < 4.78 is 11.7. The number of guanidine groups is 1. The Hall–Kier alpha value is -3.03. The maximum atomic E-state index is 11.7. The Kier molecular flexibility index (Phi) is 4.31. The third-order valence-corrected chi connectivity index (χ3v) is 3.03. The molecule has 116 valence electrons. The smallest absolute Gasteiger partial charge is 0.356 e. The third-order valence-electron chi connectivity index (χ3n) is 3.03. The number of nitrogens with one attached hydrogen (secondary N) is 1. The lowest BCUT2D eigenvalue weighted by atomic mass is 10.1. The van der Waals surface area contributed by atoms with Crippen LogP contribution >= 0.6 is 0 Å². The molecule has 0 unspecified atom stereocenters. The number of carbonyl (C=O) groups is 2. The molecule has 3 N–H and O–H groups in total. The van der Waals surface area contributed by atoms with Crippen LogP contribution in [-0.4, -0.2) is 43.2 Å². The van der Waals surface area contributed by atoms with E-state index in [0.29, 0.717) is 17.0 Å². The minimum atomic E-state index is -1.33. The van der Waals surface area contributed by atoms with Crippen LogP contribution in [0.1, 0.15) is 5.56 Å². The molecule has 0 radical (unpaired) electrons. The van der Waals surface area contributed by atoms with Gasteiger partial charge in [-0.1, -0.05) is 6.07 Å². The number of carboxylic acids is 1. The Morgan fingerprint density at radius 3 is 2.73 bits per heavy atom. The highest BCUT2D eigenvalue weighted by Gasteiger charge is 2.28. The molecule has 0 spiro atoms. The Morgan fingerprint density at radius 1 is 1.45 bits per heavy atom. The average molecular weight is 305 g/mol. The van der Waals surface area contributed by atoms with Crippen LogP contribution < -0.4 is 25.6 Å². The first kappa shape index (κ1) is 15.4. The Labute approximate surface area is 126 Å². The van der Waals surface area contributed by atoms with Gasteiger partial charge < -0.3 is 19.4 Å². The summed E-state index contributed by atoms with van der Waals surface area (Å²) in [5.74, 6) is -0.783. The fourth-order valence-corrected chi connectivity index (χ4v) is 1.90. The second-order valence-electron chi connectivity index (χ2n) is 4.50. The molecule has 2 rings (SSSR count). The summed E-state index contributed by atoms with van der Waals surface area (Å²) in [5, 5.41) is 12.9. The number of benzene rings is 1. The first-order valence-corrected chi connectivity index (χ1v) is 6.32. The first-order chi connectivity index (χ1) is 10.4. The highest BCUT2D eigenvalue weighted by Crippen LogP contribution is 2.29. The van der Waals surface area contributed by atoms with Crippen molar-refractivity contribution in [3.05, 3.63) is 29.5 Å². The van der Waals surface area contributed by atoms with Crippen LogP contribution in [0.3, 0.4) is 0 Å². The van der Waals surface area contributed by atoms with E-state index in [4.69, 9.17) is 15.2 Å². The second-order valence-corrected chi connectivity index (χ2v) is 4.50. The zero-order chi connectivity index (χ0) is 16.3. The number of aliphatic carboxylic acids is 1. The van der Waals surface area contributed by atoms with E-state index in [-0.39, 0.29) is 17.6 Å². The summed E-state index contributed by atoms with van der Waals surface area (Å²) in [5.41, 5.74) is 6.67. The largest absolute Gasteiger partial charge is 0.546 e. The minimum Gasteiger partial charge on any atom is -0.546 e. The molecule has 1 aliphatic rings. The molecule has 8 heteroatoms. The molecule has 1 aromatic rings. The number of carbonyl (C=O) groups excluding carboxylic acids is 2. The lowest BCUT2D eigenvalue weighted by molar-refractivity contribution is -0.432. The number of hydrogen-bond acceptors (Lipinski definition) is 6. The van der Waals surface area contributed by atoms with Crippen molar-refractivity contribution in [1.29, 1.82) is 0 Å². The predicted molar refractivity (Wildman–Crippen MR) is 75.0 cm³/mol. The topological polar surface area (TPSA) is 117 Å². The van der Waals surface area contributed by atoms with E-state index >= 15 is 0 Å². The molecule has 22 heavy (non-hydrogen) atoms. The van der Waals surface area contributed by atoms with Crippen molar-refractivity contribution >= 4 is 23.9 Å². The van der Waals surface area contributed by atoms with Gasteiger partial charge in [0.15, 0.2) is 17.2 Å². The number of rotatable bonds is 5. The highest BCUT2D eigenvalue weighted by molar-refractivity contribution is 6.08. The molecular formula is C14H15N3O5. The SMILES string of the molecule is COc1cc(/C=C2\C(=O)NC(N)=[N+]2C)ccc1OCC(=O)[O-]. The molecule has 1 aromatic carbocycles. The molecule has 0 bridgehead atoms. The molecule has 0 saturated heterocycles. The van der Waals surface area contributed by atoms with Gasteiger partial charge in [0.05, 0.1) is 20.1 Å². The van der Waals surface area contributed by atoms with Crippen LogP contribution in [0.4, 0.5) is 0 Å². The third kappa shape index (κ3) is 3.17. The molecule has 0 fully saturated rings. The molecular weight excluding hydrogens is 290 g/mol. The van der Waals surface area contributed by atoms with Crippen LogP contribution in [0.15, 0.2) is 23.9 Å². The normalized spacial score (nSPS) is 15.9. The standard InChI is InChI=1S/C14H15N3O5/c1-17-9(13(20)16-14(17)15)5-8-3-4-10(11(6-8)21-2)22-7-12(18)19/h3-6H,7H2,1-2H3,(H3,15,16,18,19,20)/b9-5+. The number of amides is 1. The van der Waals surface area contributed by atoms with Gasteiger partial charge in [-0.3, -0.25) is 5.73 Å². The van der Waals surface area contributed by atoms with Gasteiger partial charge >= 0.3 is 11.9 Å². The van der Waals surface area contributed by atoms with Crippen LogP contribution in [-0.2, 0) is 9.59 Å². The van der Waals surface area contributed by atoms with Gasteiger partial charge in [0, 0.05) is 0 Å². The van der Waals surface area contributed by atoms with Crippen LogP contribution in [0.2, 0.25) is 0 Å². The quantitative estimate of drug-likeness (QED) is 0.492. The van der Waals surface area contributed by atoms with E-state index in [1.165, 1.54) is 11.7 Å². The number of likely N-dealkylation sites (N-methyl/N-ethyl adjacent to an activating group) is 1. The van der Waals surface area contributed by atoms with Crippen molar-refractivity contribution in [2.75, 3.05) is 20.8 Å². The lowest BCUT2D eigenvalue weighted by Gasteiger charge is -2.11. The van der Waals surface area contributed by atoms with Crippen molar-refractivity contribution in [3.8, 4) is 11.5 Å². The number of nitrogens with two attached hydrogens (primary N) is 1. The maximum Gasteiger partial charge on any atom is 0.356 e. The van der Waals surface area contributed by atoms with E-state index in [0.717, 1.165) is 0 Å². The van der Waals surface area contributed by atoms with Gasteiger partial charge in [-0.25, -0.2) is 14.7 Å².